The minimum absolute atomic E-state index is 0.0516. The van der Waals surface area contributed by atoms with Crippen LogP contribution in [0.2, 0.25) is 0 Å². The van der Waals surface area contributed by atoms with Gasteiger partial charge in [-0.05, 0) is 70.4 Å². The van der Waals surface area contributed by atoms with Gasteiger partial charge in [0.15, 0.2) is 5.69 Å². The van der Waals surface area contributed by atoms with Crippen molar-refractivity contribution < 1.29 is 19.5 Å². The molecule has 3 fully saturated rings. The Morgan fingerprint density at radius 3 is 2.61 bits per heavy atom. The van der Waals surface area contributed by atoms with Crippen molar-refractivity contribution in [3.63, 3.8) is 0 Å². The first-order chi connectivity index (χ1) is 18.4. The van der Waals surface area contributed by atoms with Gasteiger partial charge < -0.3 is 19.2 Å². The van der Waals surface area contributed by atoms with Crippen LogP contribution in [0, 0.1) is 11.8 Å². The number of benzene rings is 1. The largest absolute Gasteiger partial charge is 0.461 e. The first-order valence-electron chi connectivity index (χ1n) is 14.2. The lowest BCUT2D eigenvalue weighted by molar-refractivity contribution is -0.135. The van der Waals surface area contributed by atoms with E-state index >= 15 is 0 Å². The number of carbonyl (C=O) groups is 1. The Labute approximate surface area is 223 Å². The van der Waals surface area contributed by atoms with E-state index in [9.17, 15) is 14.8 Å². The van der Waals surface area contributed by atoms with Crippen LogP contribution in [0.3, 0.4) is 0 Å². The SMILES string of the molecule is CCOC(=O)/C(=N\O)c1nc2ccccc2n([C@@H](C)C[C@@H]2CO[C@H](C)N2C2CC3CCCCC(C3)C2)c1=O. The maximum Gasteiger partial charge on any atom is 0.362 e. The Morgan fingerprint density at radius 2 is 1.92 bits per heavy atom. The summed E-state index contributed by atoms with van der Waals surface area (Å²) in [4.78, 5) is 33.2. The summed E-state index contributed by atoms with van der Waals surface area (Å²) < 4.78 is 12.9. The highest BCUT2D eigenvalue weighted by Gasteiger charge is 2.42. The van der Waals surface area contributed by atoms with Crippen molar-refractivity contribution >= 4 is 22.7 Å². The topological polar surface area (TPSA) is 106 Å². The van der Waals surface area contributed by atoms with Crippen LogP contribution >= 0.6 is 0 Å². The summed E-state index contributed by atoms with van der Waals surface area (Å²) in [6, 6.07) is 7.84. The van der Waals surface area contributed by atoms with Crippen molar-refractivity contribution in [2.45, 2.75) is 96.5 Å². The van der Waals surface area contributed by atoms with E-state index in [1.54, 1.807) is 17.6 Å². The first-order valence-corrected chi connectivity index (χ1v) is 14.2. The predicted molar refractivity (Wildman–Crippen MR) is 144 cm³/mol. The molecule has 9 nitrogen and oxygen atoms in total. The Morgan fingerprint density at radius 1 is 1.21 bits per heavy atom. The van der Waals surface area contributed by atoms with Gasteiger partial charge in [0, 0.05) is 18.1 Å². The van der Waals surface area contributed by atoms with Gasteiger partial charge in [0.1, 0.15) is 6.23 Å². The number of para-hydroxylation sites is 2. The number of hydrogen-bond acceptors (Lipinski definition) is 8. The van der Waals surface area contributed by atoms with Gasteiger partial charge in [-0.1, -0.05) is 43.0 Å². The molecular weight excluding hydrogens is 484 g/mol. The number of carbonyl (C=O) groups excluding carboxylic acids is 1. The first kappa shape index (κ1) is 26.8. The quantitative estimate of drug-likeness (QED) is 0.246. The summed E-state index contributed by atoms with van der Waals surface area (Å²) in [5.74, 6) is 0.734. The lowest BCUT2D eigenvalue weighted by atomic mass is 9.77. The average Bonchev–Trinajstić information content (AvgIpc) is 3.17. The van der Waals surface area contributed by atoms with Gasteiger partial charge in [-0.15, -0.1) is 0 Å². The third kappa shape index (κ3) is 5.23. The number of oxime groups is 1. The molecule has 1 saturated heterocycles. The van der Waals surface area contributed by atoms with E-state index in [2.05, 4.69) is 22.0 Å². The van der Waals surface area contributed by atoms with Gasteiger partial charge in [-0.25, -0.2) is 9.78 Å². The molecule has 1 aromatic carbocycles. The number of fused-ring (bicyclic) bond motifs is 3. The van der Waals surface area contributed by atoms with Crippen LogP contribution in [-0.2, 0) is 14.3 Å². The molecule has 2 aliphatic carbocycles. The molecule has 3 aliphatic rings. The molecule has 1 aliphatic heterocycles. The van der Waals surface area contributed by atoms with Crippen molar-refractivity contribution in [3.05, 3.63) is 40.3 Å². The summed E-state index contributed by atoms with van der Waals surface area (Å²) in [7, 11) is 0. The van der Waals surface area contributed by atoms with Crippen molar-refractivity contribution in [1.29, 1.82) is 0 Å². The molecule has 2 heterocycles. The molecule has 2 saturated carbocycles. The second-order valence-corrected chi connectivity index (χ2v) is 11.3. The Hall–Kier alpha value is -2.78. The zero-order valence-electron chi connectivity index (χ0n) is 22.7. The Bertz CT molecular complexity index is 1230. The molecule has 0 radical (unpaired) electrons. The van der Waals surface area contributed by atoms with E-state index in [4.69, 9.17) is 9.47 Å². The summed E-state index contributed by atoms with van der Waals surface area (Å²) in [6.45, 7) is 6.55. The van der Waals surface area contributed by atoms with Crippen LogP contribution in [0.1, 0.15) is 83.9 Å². The molecule has 1 aromatic heterocycles. The zero-order chi connectivity index (χ0) is 26.8. The molecule has 2 unspecified atom stereocenters. The molecule has 206 valence electrons. The number of aromatic nitrogens is 2. The van der Waals surface area contributed by atoms with E-state index in [0.29, 0.717) is 30.1 Å². The molecular formula is C29H40N4O5. The Balaban J connectivity index is 1.46. The van der Waals surface area contributed by atoms with Gasteiger partial charge in [-0.2, -0.15) is 0 Å². The normalized spacial score (nSPS) is 29.2. The fourth-order valence-electron chi connectivity index (χ4n) is 7.24. The predicted octanol–water partition coefficient (Wildman–Crippen LogP) is 4.49. The third-order valence-electron chi connectivity index (χ3n) is 8.79. The number of ether oxygens (including phenoxy) is 2. The zero-order valence-corrected chi connectivity index (χ0v) is 22.7. The second kappa shape index (κ2) is 11.5. The third-order valence-corrected chi connectivity index (χ3v) is 8.79. The maximum absolute atomic E-state index is 13.8. The van der Waals surface area contributed by atoms with Gasteiger partial charge in [0.2, 0.25) is 5.71 Å². The summed E-state index contributed by atoms with van der Waals surface area (Å²) in [5, 5.41) is 12.7. The van der Waals surface area contributed by atoms with Crippen molar-refractivity contribution in [2.24, 2.45) is 17.0 Å². The molecule has 1 N–H and O–H groups in total. The maximum atomic E-state index is 13.8. The van der Waals surface area contributed by atoms with Crippen molar-refractivity contribution in [1.82, 2.24) is 14.5 Å². The van der Waals surface area contributed by atoms with E-state index in [0.717, 1.165) is 11.8 Å². The minimum atomic E-state index is -0.878. The molecule has 0 spiro atoms. The molecule has 9 heteroatoms. The van der Waals surface area contributed by atoms with Crippen LogP contribution < -0.4 is 5.56 Å². The number of nitrogens with zero attached hydrogens (tertiary/aromatic N) is 4. The van der Waals surface area contributed by atoms with Crippen LogP contribution in [0.25, 0.3) is 11.0 Å². The monoisotopic (exact) mass is 524 g/mol. The van der Waals surface area contributed by atoms with Gasteiger partial charge in [0.25, 0.3) is 5.56 Å². The van der Waals surface area contributed by atoms with Crippen molar-refractivity contribution in [2.75, 3.05) is 13.2 Å². The lowest BCUT2D eigenvalue weighted by Crippen LogP contribution is -2.48. The minimum Gasteiger partial charge on any atom is -0.461 e. The van der Waals surface area contributed by atoms with E-state index in [-0.39, 0.29) is 30.6 Å². The highest BCUT2D eigenvalue weighted by molar-refractivity contribution is 6.42. The molecule has 2 bridgehead atoms. The standard InChI is InChI=1S/C29H40N4O5/c1-4-37-29(35)27(31-36)26-28(34)32(25-12-8-7-11-24(25)30-26)18(2)13-23-17-38-19(3)33(23)22-15-20-9-5-6-10-21(14-20)16-22/h7-8,11-12,18-23,36H,4-6,9-10,13-17H2,1-3H3/b31-27-/t18-,19+,20?,21?,22?,23+/m0/s1. The van der Waals surface area contributed by atoms with Crippen LogP contribution in [-0.4, -0.2) is 62.9 Å². The van der Waals surface area contributed by atoms with Crippen molar-refractivity contribution in [3.8, 4) is 0 Å². The highest BCUT2D eigenvalue weighted by atomic mass is 16.5. The molecule has 38 heavy (non-hydrogen) atoms. The van der Waals surface area contributed by atoms with Crippen LogP contribution in [0.15, 0.2) is 34.2 Å². The molecule has 2 aromatic rings. The lowest BCUT2D eigenvalue weighted by Gasteiger charge is -2.42. The van der Waals surface area contributed by atoms with E-state index < -0.39 is 17.2 Å². The Kier molecular flexibility index (Phi) is 8.14. The van der Waals surface area contributed by atoms with Gasteiger partial charge in [-0.3, -0.25) is 9.69 Å². The highest BCUT2D eigenvalue weighted by Crippen LogP contribution is 2.42. The smallest absolute Gasteiger partial charge is 0.362 e. The summed E-state index contributed by atoms with van der Waals surface area (Å²) in [5.41, 5.74) is 0.0635. The summed E-state index contributed by atoms with van der Waals surface area (Å²) in [6.07, 6.45) is 9.99. The fourth-order valence-corrected chi connectivity index (χ4v) is 7.24. The fraction of sp³-hybridized carbons (Fsp3) is 0.655. The van der Waals surface area contributed by atoms with E-state index in [1.165, 1.54) is 44.9 Å². The second-order valence-electron chi connectivity index (χ2n) is 11.3. The van der Waals surface area contributed by atoms with Crippen LogP contribution in [0.4, 0.5) is 0 Å². The molecule has 5 rings (SSSR count). The number of hydrogen-bond donors (Lipinski definition) is 1. The summed E-state index contributed by atoms with van der Waals surface area (Å²) >= 11 is 0. The average molecular weight is 525 g/mol. The number of esters is 1. The van der Waals surface area contributed by atoms with Gasteiger partial charge in [0.05, 0.1) is 24.2 Å². The van der Waals surface area contributed by atoms with Crippen LogP contribution in [0.5, 0.6) is 0 Å². The van der Waals surface area contributed by atoms with Gasteiger partial charge >= 0.3 is 5.97 Å². The molecule has 5 atom stereocenters. The number of rotatable bonds is 7. The van der Waals surface area contributed by atoms with E-state index in [1.807, 2.05) is 25.1 Å². The molecule has 0 amide bonds.